The third-order valence-electron chi connectivity index (χ3n) is 5.07. The highest BCUT2D eigenvalue weighted by atomic mass is 16.2. The maximum Gasteiger partial charge on any atom is 0.254 e. The number of piperazine rings is 1. The Morgan fingerprint density at radius 1 is 1.00 bits per heavy atom. The quantitative estimate of drug-likeness (QED) is 0.710. The van der Waals surface area contributed by atoms with Gasteiger partial charge in [0.2, 0.25) is 5.65 Å². The summed E-state index contributed by atoms with van der Waals surface area (Å²) < 4.78 is 2.06. The molecule has 1 saturated heterocycles. The first-order valence-corrected chi connectivity index (χ1v) is 8.95. The molecular formula is C18H19N7O. The van der Waals surface area contributed by atoms with Crippen molar-refractivity contribution in [3.05, 3.63) is 48.3 Å². The molecule has 132 valence electrons. The van der Waals surface area contributed by atoms with Crippen LogP contribution in [-0.4, -0.2) is 61.6 Å². The Balaban J connectivity index is 1.34. The van der Waals surface area contributed by atoms with Crippen LogP contribution in [0.3, 0.4) is 0 Å². The molecule has 3 aromatic rings. The molecular weight excluding hydrogens is 330 g/mol. The van der Waals surface area contributed by atoms with E-state index in [0.29, 0.717) is 24.6 Å². The summed E-state index contributed by atoms with van der Waals surface area (Å²) in [7, 11) is 0. The van der Waals surface area contributed by atoms with Crippen molar-refractivity contribution in [2.75, 3.05) is 31.1 Å². The van der Waals surface area contributed by atoms with E-state index in [1.54, 1.807) is 24.5 Å². The van der Waals surface area contributed by atoms with Crippen LogP contribution in [0.1, 0.15) is 34.9 Å². The second-order valence-corrected chi connectivity index (χ2v) is 6.79. The molecule has 0 aromatic carbocycles. The van der Waals surface area contributed by atoms with Crippen molar-refractivity contribution in [1.29, 1.82) is 0 Å². The first-order valence-electron chi connectivity index (χ1n) is 8.95. The normalized spacial score (nSPS) is 17.7. The predicted octanol–water partition coefficient (Wildman–Crippen LogP) is 1.36. The summed E-state index contributed by atoms with van der Waals surface area (Å²) in [5, 5.41) is 8.75. The highest BCUT2D eigenvalue weighted by Crippen LogP contribution is 2.39. The van der Waals surface area contributed by atoms with Gasteiger partial charge in [-0.3, -0.25) is 14.2 Å². The van der Waals surface area contributed by atoms with Gasteiger partial charge in [-0.15, -0.1) is 10.2 Å². The van der Waals surface area contributed by atoms with Gasteiger partial charge in [-0.05, 0) is 25.0 Å². The lowest BCUT2D eigenvalue weighted by molar-refractivity contribution is 0.0746. The highest BCUT2D eigenvalue weighted by molar-refractivity contribution is 5.94. The van der Waals surface area contributed by atoms with Crippen molar-refractivity contribution in [2.45, 2.75) is 18.8 Å². The average Bonchev–Trinajstić information content (AvgIpc) is 3.46. The van der Waals surface area contributed by atoms with Crippen LogP contribution >= 0.6 is 0 Å². The zero-order valence-electron chi connectivity index (χ0n) is 14.3. The van der Waals surface area contributed by atoms with E-state index in [-0.39, 0.29) is 5.91 Å². The molecule has 5 rings (SSSR count). The molecule has 1 aliphatic heterocycles. The largest absolute Gasteiger partial charge is 0.350 e. The maximum atomic E-state index is 12.6. The maximum absolute atomic E-state index is 12.6. The molecule has 3 aromatic heterocycles. The Bertz CT molecular complexity index is 943. The number of hydrogen-bond donors (Lipinski definition) is 0. The topological polar surface area (TPSA) is 79.5 Å². The molecule has 0 N–H and O–H groups in total. The lowest BCUT2D eigenvalue weighted by Gasteiger charge is -2.35. The first kappa shape index (κ1) is 15.2. The van der Waals surface area contributed by atoms with Crippen LogP contribution in [0.25, 0.3) is 5.65 Å². The highest BCUT2D eigenvalue weighted by Gasteiger charge is 2.30. The molecule has 8 nitrogen and oxygen atoms in total. The van der Waals surface area contributed by atoms with Gasteiger partial charge in [0.05, 0.1) is 0 Å². The van der Waals surface area contributed by atoms with Gasteiger partial charge in [-0.25, -0.2) is 4.98 Å². The summed E-state index contributed by atoms with van der Waals surface area (Å²) in [6.45, 7) is 2.78. The van der Waals surface area contributed by atoms with Gasteiger partial charge in [-0.1, -0.05) is 0 Å². The number of rotatable bonds is 3. The molecule has 8 heteroatoms. The molecule has 26 heavy (non-hydrogen) atoms. The predicted molar refractivity (Wildman–Crippen MR) is 95.1 cm³/mol. The van der Waals surface area contributed by atoms with Crippen LogP contribution in [0.15, 0.2) is 36.9 Å². The fourth-order valence-corrected chi connectivity index (χ4v) is 3.47. The second-order valence-electron chi connectivity index (χ2n) is 6.79. The Morgan fingerprint density at radius 2 is 1.77 bits per heavy atom. The number of amides is 1. The lowest BCUT2D eigenvalue weighted by atomic mass is 10.2. The van der Waals surface area contributed by atoms with Crippen LogP contribution in [0, 0.1) is 0 Å². The molecule has 2 fully saturated rings. The van der Waals surface area contributed by atoms with Crippen molar-refractivity contribution >= 4 is 17.4 Å². The van der Waals surface area contributed by atoms with Crippen molar-refractivity contribution in [3.8, 4) is 0 Å². The van der Waals surface area contributed by atoms with Gasteiger partial charge in [0, 0.05) is 62.4 Å². The zero-order valence-corrected chi connectivity index (χ0v) is 14.3. The Morgan fingerprint density at radius 3 is 2.50 bits per heavy atom. The zero-order chi connectivity index (χ0) is 17.5. The van der Waals surface area contributed by atoms with Crippen molar-refractivity contribution < 1.29 is 4.79 Å². The summed E-state index contributed by atoms with van der Waals surface area (Å²) in [4.78, 5) is 25.2. The molecule has 4 heterocycles. The summed E-state index contributed by atoms with van der Waals surface area (Å²) in [5.74, 6) is 2.48. The summed E-state index contributed by atoms with van der Waals surface area (Å²) >= 11 is 0. The lowest BCUT2D eigenvalue weighted by Crippen LogP contribution is -2.49. The minimum atomic E-state index is 0.0525. The number of nitrogens with zero attached hydrogens (tertiary/aromatic N) is 7. The summed E-state index contributed by atoms with van der Waals surface area (Å²) in [6, 6.07) is 3.51. The van der Waals surface area contributed by atoms with E-state index in [1.165, 1.54) is 12.8 Å². The standard InChI is InChI=1S/C18H19N7O/c26-18(14-3-5-19-6-4-14)24-11-9-23(10-12-24)16-17-22-21-15(13-1-2-13)25(17)8-7-20-16/h3-8,13H,1-2,9-12H2. The van der Waals surface area contributed by atoms with Crippen molar-refractivity contribution in [3.63, 3.8) is 0 Å². The van der Waals surface area contributed by atoms with E-state index in [4.69, 9.17) is 0 Å². The summed E-state index contributed by atoms with van der Waals surface area (Å²) in [5.41, 5.74) is 1.49. The number of aromatic nitrogens is 5. The SMILES string of the molecule is O=C(c1ccncc1)N1CCN(c2nccn3c(C4CC4)nnc23)CC1. The van der Waals surface area contributed by atoms with Crippen LogP contribution in [0.2, 0.25) is 0 Å². The van der Waals surface area contributed by atoms with Gasteiger partial charge in [-0.2, -0.15) is 0 Å². The third kappa shape index (κ3) is 2.58. The molecule has 1 saturated carbocycles. The number of pyridine rings is 1. The van der Waals surface area contributed by atoms with E-state index in [0.717, 1.165) is 30.4 Å². The van der Waals surface area contributed by atoms with Crippen LogP contribution < -0.4 is 4.90 Å². The smallest absolute Gasteiger partial charge is 0.254 e. The minimum absolute atomic E-state index is 0.0525. The van der Waals surface area contributed by atoms with Gasteiger partial charge in [0.25, 0.3) is 5.91 Å². The Labute approximate surface area is 150 Å². The van der Waals surface area contributed by atoms with Gasteiger partial charge in [0.15, 0.2) is 5.82 Å². The number of carbonyl (C=O) groups excluding carboxylic acids is 1. The van der Waals surface area contributed by atoms with Gasteiger partial charge in [0.1, 0.15) is 5.82 Å². The van der Waals surface area contributed by atoms with E-state index >= 15 is 0 Å². The van der Waals surface area contributed by atoms with E-state index in [2.05, 4.69) is 29.5 Å². The fraction of sp³-hybridized carbons (Fsp3) is 0.389. The third-order valence-corrected chi connectivity index (χ3v) is 5.07. The molecule has 0 unspecified atom stereocenters. The molecule has 2 aliphatic rings. The number of hydrogen-bond acceptors (Lipinski definition) is 6. The number of fused-ring (bicyclic) bond motifs is 1. The van der Waals surface area contributed by atoms with E-state index in [1.807, 2.05) is 17.3 Å². The van der Waals surface area contributed by atoms with Crippen molar-refractivity contribution in [2.24, 2.45) is 0 Å². The average molecular weight is 349 g/mol. The van der Waals surface area contributed by atoms with Gasteiger partial charge >= 0.3 is 0 Å². The number of anilines is 1. The van der Waals surface area contributed by atoms with Crippen LogP contribution in [0.5, 0.6) is 0 Å². The minimum Gasteiger partial charge on any atom is -0.350 e. The second kappa shape index (κ2) is 6.05. The van der Waals surface area contributed by atoms with E-state index in [9.17, 15) is 4.79 Å². The molecule has 0 atom stereocenters. The van der Waals surface area contributed by atoms with Crippen molar-refractivity contribution in [1.82, 2.24) is 29.5 Å². The van der Waals surface area contributed by atoms with Crippen LogP contribution in [-0.2, 0) is 0 Å². The Hall–Kier alpha value is -3.03. The molecule has 0 bridgehead atoms. The Kier molecular flexibility index (Phi) is 3.55. The van der Waals surface area contributed by atoms with E-state index < -0.39 is 0 Å². The molecule has 1 amide bonds. The fourth-order valence-electron chi connectivity index (χ4n) is 3.47. The van der Waals surface area contributed by atoms with Gasteiger partial charge < -0.3 is 9.80 Å². The molecule has 0 spiro atoms. The molecule has 0 radical (unpaired) electrons. The molecule has 1 aliphatic carbocycles. The monoisotopic (exact) mass is 349 g/mol. The first-order chi connectivity index (χ1) is 12.8. The number of carbonyl (C=O) groups is 1. The summed E-state index contributed by atoms with van der Waals surface area (Å²) in [6.07, 6.45) is 9.43. The van der Waals surface area contributed by atoms with Crippen LogP contribution in [0.4, 0.5) is 5.82 Å².